The summed E-state index contributed by atoms with van der Waals surface area (Å²) in [5, 5.41) is 20.4. The lowest BCUT2D eigenvalue weighted by atomic mass is 9.62. The summed E-state index contributed by atoms with van der Waals surface area (Å²) in [4.78, 5) is 0. The molecule has 4 nitrogen and oxygen atoms in total. The minimum Gasteiger partial charge on any atom is -0.393 e. The molecular weight excluding hydrogens is 893 g/mol. The van der Waals surface area contributed by atoms with E-state index in [1.54, 1.807) is 0 Å². The van der Waals surface area contributed by atoms with Crippen molar-refractivity contribution in [3.63, 3.8) is 0 Å². The normalized spacial score (nSPS) is 28.6. The van der Waals surface area contributed by atoms with Crippen LogP contribution in [0.2, 0.25) is 0 Å². The standard InChI is InChI=1S/C32H56O2.C16H32O.C12H24.C7H12O.C2H6/c1-5-25-20-24(13-16-30(25)33)21-27(23(2)31-17-19-34-31)14-15-29(26-10-7-6-8-11-26)28-12-9-18-32(3,4)22-28;1-4-8-15(13-16(2,3)17)12-11-14-9-6-5-7-10-14;1-3-4-8-11(2)12-9-6-5-7-10-12;1-6(2)7-4-3-5-8-7;1-2/h24-31,33H,2,5-22H2,1,3-4H3;14-15,17H,4-13H2,1-3H3;11-12H,3-10H2,1-2H3;7H,1,3-5H2,2H3;1-2H3. The second kappa shape index (κ2) is 37.2. The van der Waals surface area contributed by atoms with Crippen molar-refractivity contribution < 1.29 is 19.7 Å². The van der Waals surface area contributed by atoms with Crippen LogP contribution in [0.1, 0.15) is 314 Å². The van der Waals surface area contributed by atoms with Gasteiger partial charge in [-0.2, -0.15) is 0 Å². The first-order valence-electron chi connectivity index (χ1n) is 33.0. The van der Waals surface area contributed by atoms with E-state index in [0.29, 0.717) is 29.5 Å². The summed E-state index contributed by atoms with van der Waals surface area (Å²) in [7, 11) is 0. The van der Waals surface area contributed by atoms with Gasteiger partial charge < -0.3 is 19.7 Å². The number of unbranched alkanes of at least 4 members (excludes halogenated alkanes) is 1. The predicted octanol–water partition coefficient (Wildman–Crippen LogP) is 20.8. The molecule has 5 saturated carbocycles. The number of hydrogen-bond acceptors (Lipinski definition) is 4. The average molecular weight is 1020 g/mol. The Morgan fingerprint density at radius 1 is 0.644 bits per heavy atom. The van der Waals surface area contributed by atoms with Gasteiger partial charge in [0, 0.05) is 13.0 Å². The molecule has 0 aromatic heterocycles. The highest BCUT2D eigenvalue weighted by Crippen LogP contribution is 2.49. The highest BCUT2D eigenvalue weighted by molar-refractivity contribution is 5.11. The smallest absolute Gasteiger partial charge is 0.0807 e. The summed E-state index contributed by atoms with van der Waals surface area (Å²) in [6.07, 6.45) is 51.3. The molecule has 7 rings (SSSR count). The zero-order valence-corrected chi connectivity index (χ0v) is 51.2. The molecule has 0 radical (unpaired) electrons. The Kier molecular flexibility index (Phi) is 34.0. The van der Waals surface area contributed by atoms with E-state index < -0.39 is 5.60 Å². The monoisotopic (exact) mass is 1020 g/mol. The highest BCUT2D eigenvalue weighted by atomic mass is 16.5. The Labute approximate surface area is 457 Å². The predicted molar refractivity (Wildman–Crippen MR) is 319 cm³/mol. The van der Waals surface area contributed by atoms with Crippen molar-refractivity contribution in [2.75, 3.05) is 13.2 Å². The van der Waals surface area contributed by atoms with Gasteiger partial charge in [0.2, 0.25) is 0 Å². The molecule has 10 unspecified atom stereocenters. The molecule has 0 aromatic rings. The quantitative estimate of drug-likeness (QED) is 0.106. The summed E-state index contributed by atoms with van der Waals surface area (Å²) in [6, 6.07) is 0. The van der Waals surface area contributed by atoms with E-state index in [4.69, 9.17) is 9.47 Å². The first kappa shape index (κ1) is 66.6. The lowest BCUT2D eigenvalue weighted by molar-refractivity contribution is -0.0340. The molecule has 10 atom stereocenters. The van der Waals surface area contributed by atoms with Crippen LogP contribution in [0.4, 0.5) is 0 Å². The van der Waals surface area contributed by atoms with Crippen molar-refractivity contribution in [3.05, 3.63) is 24.3 Å². The van der Waals surface area contributed by atoms with Crippen molar-refractivity contribution in [3.8, 4) is 0 Å². The van der Waals surface area contributed by atoms with E-state index in [9.17, 15) is 10.2 Å². The van der Waals surface area contributed by atoms with Crippen LogP contribution >= 0.6 is 0 Å². The van der Waals surface area contributed by atoms with Crippen LogP contribution in [0, 0.1) is 64.6 Å². The van der Waals surface area contributed by atoms with Gasteiger partial charge in [0.1, 0.15) is 0 Å². The van der Waals surface area contributed by atoms with Crippen LogP contribution in [-0.2, 0) is 9.47 Å². The number of rotatable bonds is 22. The zero-order valence-electron chi connectivity index (χ0n) is 51.2. The molecule has 2 saturated heterocycles. The fourth-order valence-electron chi connectivity index (χ4n) is 15.4. The summed E-state index contributed by atoms with van der Waals surface area (Å²) in [6.45, 7) is 34.6. The average Bonchev–Trinajstić information content (AvgIpc) is 3.92. The molecule has 0 aromatic carbocycles. The fourth-order valence-corrected chi connectivity index (χ4v) is 15.4. The van der Waals surface area contributed by atoms with Gasteiger partial charge in [0.15, 0.2) is 0 Å². The molecule has 7 fully saturated rings. The largest absolute Gasteiger partial charge is 0.393 e. The van der Waals surface area contributed by atoms with E-state index in [1.807, 2.05) is 34.6 Å². The first-order valence-corrected chi connectivity index (χ1v) is 33.0. The third kappa shape index (κ3) is 26.7. The van der Waals surface area contributed by atoms with E-state index >= 15 is 0 Å². The third-order valence-corrected chi connectivity index (χ3v) is 19.9. The summed E-state index contributed by atoms with van der Waals surface area (Å²) >= 11 is 0. The molecule has 7 aliphatic rings. The number of aliphatic hydroxyl groups is 2. The van der Waals surface area contributed by atoms with Crippen LogP contribution in [0.5, 0.6) is 0 Å². The Hall–Kier alpha value is -0.680. The Morgan fingerprint density at radius 3 is 1.75 bits per heavy atom. The fraction of sp³-hybridized carbons (Fsp3) is 0.942. The van der Waals surface area contributed by atoms with Gasteiger partial charge in [-0.3, -0.25) is 0 Å². The second-order valence-electron chi connectivity index (χ2n) is 27.3. The Morgan fingerprint density at radius 2 is 1.25 bits per heavy atom. The minimum absolute atomic E-state index is 0.0665. The van der Waals surface area contributed by atoms with Crippen LogP contribution < -0.4 is 0 Å². The second-order valence-corrected chi connectivity index (χ2v) is 27.3. The van der Waals surface area contributed by atoms with Crippen LogP contribution in [0.15, 0.2) is 24.3 Å². The molecule has 73 heavy (non-hydrogen) atoms. The van der Waals surface area contributed by atoms with E-state index in [1.165, 1.54) is 229 Å². The number of ether oxygens (including phenoxy) is 2. The molecule has 4 heteroatoms. The van der Waals surface area contributed by atoms with Crippen molar-refractivity contribution in [1.29, 1.82) is 0 Å². The van der Waals surface area contributed by atoms with Gasteiger partial charge in [-0.1, -0.05) is 235 Å². The van der Waals surface area contributed by atoms with Crippen LogP contribution in [0.3, 0.4) is 0 Å². The molecule has 2 N–H and O–H groups in total. The Balaban J connectivity index is 0.000000297. The zero-order chi connectivity index (χ0) is 53.7. The molecule has 430 valence electrons. The maximum absolute atomic E-state index is 10.4. The van der Waals surface area contributed by atoms with Crippen molar-refractivity contribution in [2.45, 2.75) is 338 Å². The van der Waals surface area contributed by atoms with E-state index in [0.717, 1.165) is 79.8 Å². The molecule has 0 bridgehead atoms. The van der Waals surface area contributed by atoms with Crippen molar-refractivity contribution >= 4 is 0 Å². The molecule has 2 aliphatic heterocycles. The van der Waals surface area contributed by atoms with Gasteiger partial charge in [-0.15, -0.1) is 0 Å². The van der Waals surface area contributed by atoms with E-state index in [-0.39, 0.29) is 6.10 Å². The lowest BCUT2D eigenvalue weighted by Crippen LogP contribution is -2.35. The molecule has 0 spiro atoms. The van der Waals surface area contributed by atoms with Crippen LogP contribution in [-0.4, -0.2) is 47.3 Å². The molecule has 2 heterocycles. The Bertz CT molecular complexity index is 1370. The molecule has 0 amide bonds. The minimum atomic E-state index is -0.480. The topological polar surface area (TPSA) is 58.9 Å². The number of hydrogen-bond donors (Lipinski definition) is 2. The van der Waals surface area contributed by atoms with E-state index in [2.05, 4.69) is 54.7 Å². The summed E-state index contributed by atoms with van der Waals surface area (Å²) < 4.78 is 11.3. The number of aliphatic hydroxyl groups excluding tert-OH is 1. The van der Waals surface area contributed by atoms with Crippen molar-refractivity contribution in [1.82, 2.24) is 0 Å². The van der Waals surface area contributed by atoms with Gasteiger partial charge in [-0.25, -0.2) is 0 Å². The molecule has 5 aliphatic carbocycles. The third-order valence-electron chi connectivity index (χ3n) is 19.9. The van der Waals surface area contributed by atoms with Gasteiger partial charge in [0.25, 0.3) is 0 Å². The van der Waals surface area contributed by atoms with Gasteiger partial charge >= 0.3 is 0 Å². The maximum Gasteiger partial charge on any atom is 0.0807 e. The molecular formula is C69H130O4. The summed E-state index contributed by atoms with van der Waals surface area (Å²) in [5.74, 6) is 8.53. The summed E-state index contributed by atoms with van der Waals surface area (Å²) in [5.41, 5.74) is 2.64. The first-order chi connectivity index (χ1) is 35.0. The highest BCUT2D eigenvalue weighted by Gasteiger charge is 2.39. The lowest BCUT2D eigenvalue weighted by Gasteiger charge is -2.44. The SMILES string of the molecule is C=C(C(CCC(C1CCCCC1)C1CCCC(C)(C)C1)CC1CCC(O)C(CC)C1)C1CCO1.C=C(C)C1CCCO1.CC.CCCC(CCC1CCCCC1)CC(C)(C)O.CCCCC(C)C1CCCCC1. The van der Waals surface area contributed by atoms with Gasteiger partial charge in [0.05, 0.1) is 30.5 Å². The van der Waals surface area contributed by atoms with Gasteiger partial charge in [-0.05, 0) is 162 Å². The maximum atomic E-state index is 10.4. The van der Waals surface area contributed by atoms with Crippen LogP contribution in [0.25, 0.3) is 0 Å². The van der Waals surface area contributed by atoms with Crippen molar-refractivity contribution in [2.24, 2.45) is 64.6 Å².